The number of urea groups is 1. The van der Waals surface area contributed by atoms with Crippen LogP contribution in [0.3, 0.4) is 0 Å². The lowest BCUT2D eigenvalue weighted by Crippen LogP contribution is -2.40. The van der Waals surface area contributed by atoms with Crippen molar-refractivity contribution >= 4 is 17.8 Å². The molecule has 4 amide bonds. The van der Waals surface area contributed by atoms with Crippen LogP contribution in [-0.2, 0) is 9.59 Å². The molecule has 1 saturated heterocycles. The first-order chi connectivity index (χ1) is 12.2. The maximum Gasteiger partial charge on any atom is 0.325 e. The van der Waals surface area contributed by atoms with Crippen molar-refractivity contribution in [2.75, 3.05) is 20.8 Å². The lowest BCUT2D eigenvalue weighted by molar-refractivity contribution is -0.130. The number of nitrogens with zero attached hydrogens (tertiary/aromatic N) is 1. The number of rotatable bonds is 7. The van der Waals surface area contributed by atoms with Gasteiger partial charge in [-0.25, -0.2) is 4.79 Å². The summed E-state index contributed by atoms with van der Waals surface area (Å²) in [6.07, 6.45) is 0.0197. The molecule has 0 saturated carbocycles. The van der Waals surface area contributed by atoms with Gasteiger partial charge in [0, 0.05) is 18.5 Å². The third-order valence-corrected chi connectivity index (χ3v) is 4.29. The predicted molar refractivity (Wildman–Crippen MR) is 95.0 cm³/mol. The number of ether oxygens (including phenoxy) is 2. The Balaban J connectivity index is 1.98. The quantitative estimate of drug-likeness (QED) is 0.717. The molecule has 1 heterocycles. The summed E-state index contributed by atoms with van der Waals surface area (Å²) in [5.41, 5.74) is -0.161. The van der Waals surface area contributed by atoms with E-state index in [9.17, 15) is 14.4 Å². The number of hydrogen-bond donors (Lipinski definition) is 2. The molecule has 8 nitrogen and oxygen atoms in total. The zero-order chi connectivity index (χ0) is 19.5. The average Bonchev–Trinajstić information content (AvgIpc) is 2.79. The fourth-order valence-corrected chi connectivity index (χ4v) is 2.80. The van der Waals surface area contributed by atoms with Gasteiger partial charge in [0.1, 0.15) is 17.0 Å². The minimum atomic E-state index is -0.936. The minimum Gasteiger partial charge on any atom is -0.497 e. The molecule has 0 bridgehead atoms. The van der Waals surface area contributed by atoms with Crippen molar-refractivity contribution in [3.63, 3.8) is 0 Å². The van der Waals surface area contributed by atoms with Crippen LogP contribution >= 0.6 is 0 Å². The van der Waals surface area contributed by atoms with Gasteiger partial charge in [0.25, 0.3) is 5.91 Å². The standard InChI is InChI=1S/C18H25N3O5/c1-11(13-10-12(25-4)6-7-14(13)26-5)19-15(22)8-9-21-16(23)18(2,3)20-17(21)24/h6-7,10-11H,8-9H2,1-5H3,(H,19,22)(H,20,24)/t11-/m1/s1. The monoisotopic (exact) mass is 363 g/mol. The Hall–Kier alpha value is -2.77. The Morgan fingerprint density at radius 3 is 2.50 bits per heavy atom. The highest BCUT2D eigenvalue weighted by Crippen LogP contribution is 2.29. The third kappa shape index (κ3) is 4.07. The molecule has 1 atom stereocenters. The van der Waals surface area contributed by atoms with Gasteiger partial charge in [0.05, 0.1) is 20.3 Å². The Morgan fingerprint density at radius 1 is 1.27 bits per heavy atom. The number of carbonyl (C=O) groups is 3. The zero-order valence-electron chi connectivity index (χ0n) is 15.7. The zero-order valence-corrected chi connectivity index (χ0v) is 15.7. The molecule has 1 aliphatic rings. The van der Waals surface area contributed by atoms with Gasteiger partial charge in [-0.1, -0.05) is 0 Å². The topological polar surface area (TPSA) is 97.0 Å². The van der Waals surface area contributed by atoms with Crippen molar-refractivity contribution < 1.29 is 23.9 Å². The number of benzene rings is 1. The van der Waals surface area contributed by atoms with Gasteiger partial charge in [-0.15, -0.1) is 0 Å². The summed E-state index contributed by atoms with van der Waals surface area (Å²) in [6, 6.07) is 4.54. The molecule has 0 aliphatic carbocycles. The molecule has 1 fully saturated rings. The number of carbonyl (C=O) groups excluding carboxylic acids is 3. The van der Waals surface area contributed by atoms with Crippen molar-refractivity contribution in [3.05, 3.63) is 23.8 Å². The molecule has 8 heteroatoms. The molecule has 0 radical (unpaired) electrons. The summed E-state index contributed by atoms with van der Waals surface area (Å²) in [6.45, 7) is 5.11. The normalized spacial score (nSPS) is 16.9. The Labute approximate surface area is 152 Å². The van der Waals surface area contributed by atoms with Crippen molar-refractivity contribution in [1.82, 2.24) is 15.5 Å². The lowest BCUT2D eigenvalue weighted by Gasteiger charge is -2.19. The van der Waals surface area contributed by atoms with E-state index in [2.05, 4.69) is 10.6 Å². The van der Waals surface area contributed by atoms with Crippen LogP contribution in [0.15, 0.2) is 18.2 Å². The second-order valence-electron chi connectivity index (χ2n) is 6.66. The van der Waals surface area contributed by atoms with Crippen molar-refractivity contribution in [3.8, 4) is 11.5 Å². The van der Waals surface area contributed by atoms with Crippen LogP contribution in [0.1, 0.15) is 38.8 Å². The second-order valence-corrected chi connectivity index (χ2v) is 6.66. The summed E-state index contributed by atoms with van der Waals surface area (Å²) in [7, 11) is 3.12. The van der Waals surface area contributed by atoms with Crippen LogP contribution in [0.2, 0.25) is 0 Å². The maximum absolute atomic E-state index is 12.3. The van der Waals surface area contributed by atoms with E-state index < -0.39 is 11.6 Å². The van der Waals surface area contributed by atoms with E-state index in [-0.39, 0.29) is 30.8 Å². The smallest absolute Gasteiger partial charge is 0.325 e. The number of amides is 4. The predicted octanol–water partition coefficient (Wildman–Crippen LogP) is 1.60. The summed E-state index contributed by atoms with van der Waals surface area (Å²) >= 11 is 0. The van der Waals surface area contributed by atoms with E-state index >= 15 is 0 Å². The Kier molecular flexibility index (Phi) is 5.74. The molecule has 1 aromatic rings. The van der Waals surface area contributed by atoms with Crippen LogP contribution in [0, 0.1) is 0 Å². The van der Waals surface area contributed by atoms with E-state index in [1.54, 1.807) is 46.3 Å². The number of imide groups is 1. The molecular weight excluding hydrogens is 338 g/mol. The molecule has 1 aromatic carbocycles. The Morgan fingerprint density at radius 2 is 1.96 bits per heavy atom. The molecule has 2 N–H and O–H groups in total. The van der Waals surface area contributed by atoms with E-state index in [4.69, 9.17) is 9.47 Å². The minimum absolute atomic E-state index is 0.0197. The van der Waals surface area contributed by atoms with E-state index in [0.29, 0.717) is 11.5 Å². The fourth-order valence-electron chi connectivity index (χ4n) is 2.80. The summed E-state index contributed by atoms with van der Waals surface area (Å²) < 4.78 is 10.5. The van der Waals surface area contributed by atoms with Gasteiger partial charge in [0.15, 0.2) is 0 Å². The summed E-state index contributed by atoms with van der Waals surface area (Å²) in [5.74, 6) is 0.684. The molecule has 142 valence electrons. The molecule has 2 rings (SSSR count). The van der Waals surface area contributed by atoms with Gasteiger partial charge < -0.3 is 20.1 Å². The van der Waals surface area contributed by atoms with Gasteiger partial charge in [0.2, 0.25) is 5.91 Å². The van der Waals surface area contributed by atoms with Crippen LogP contribution in [0.5, 0.6) is 11.5 Å². The average molecular weight is 363 g/mol. The molecule has 26 heavy (non-hydrogen) atoms. The van der Waals surface area contributed by atoms with Gasteiger partial charge in [-0.2, -0.15) is 0 Å². The molecule has 0 unspecified atom stereocenters. The van der Waals surface area contributed by atoms with Crippen LogP contribution in [0.4, 0.5) is 4.79 Å². The SMILES string of the molecule is COc1ccc(OC)c([C@@H](C)NC(=O)CCN2C(=O)NC(C)(C)C2=O)c1. The van der Waals surface area contributed by atoms with Gasteiger partial charge in [-0.3, -0.25) is 14.5 Å². The molecular formula is C18H25N3O5. The van der Waals surface area contributed by atoms with Crippen molar-refractivity contribution in [2.45, 2.75) is 38.8 Å². The van der Waals surface area contributed by atoms with Crippen molar-refractivity contribution in [2.24, 2.45) is 0 Å². The number of nitrogens with one attached hydrogen (secondary N) is 2. The Bertz CT molecular complexity index is 717. The highest BCUT2D eigenvalue weighted by atomic mass is 16.5. The van der Waals surface area contributed by atoms with Gasteiger partial charge in [-0.05, 0) is 39.0 Å². The van der Waals surface area contributed by atoms with Crippen LogP contribution < -0.4 is 20.1 Å². The largest absolute Gasteiger partial charge is 0.497 e. The second kappa shape index (κ2) is 7.63. The van der Waals surface area contributed by atoms with E-state index in [1.807, 2.05) is 6.92 Å². The van der Waals surface area contributed by atoms with Crippen LogP contribution in [-0.4, -0.2) is 49.0 Å². The molecule has 0 spiro atoms. The fraction of sp³-hybridized carbons (Fsp3) is 0.500. The van der Waals surface area contributed by atoms with E-state index in [1.165, 1.54) is 0 Å². The first kappa shape index (κ1) is 19.6. The first-order valence-corrected chi connectivity index (χ1v) is 8.35. The third-order valence-electron chi connectivity index (χ3n) is 4.29. The highest BCUT2D eigenvalue weighted by Gasteiger charge is 2.44. The highest BCUT2D eigenvalue weighted by molar-refractivity contribution is 6.06. The van der Waals surface area contributed by atoms with Crippen LogP contribution in [0.25, 0.3) is 0 Å². The number of hydrogen-bond acceptors (Lipinski definition) is 5. The van der Waals surface area contributed by atoms with E-state index in [0.717, 1.165) is 10.5 Å². The lowest BCUT2D eigenvalue weighted by atomic mass is 10.1. The summed E-state index contributed by atoms with van der Waals surface area (Å²) in [4.78, 5) is 37.3. The molecule has 0 aromatic heterocycles. The summed E-state index contributed by atoms with van der Waals surface area (Å²) in [5, 5.41) is 5.44. The number of methoxy groups -OCH3 is 2. The van der Waals surface area contributed by atoms with Gasteiger partial charge >= 0.3 is 6.03 Å². The first-order valence-electron chi connectivity index (χ1n) is 8.35. The van der Waals surface area contributed by atoms with Crippen molar-refractivity contribution in [1.29, 1.82) is 0 Å². The maximum atomic E-state index is 12.3. The molecule has 1 aliphatic heterocycles.